The first kappa shape index (κ1) is 42.2. The van der Waals surface area contributed by atoms with Gasteiger partial charge in [-0.25, -0.2) is 58.7 Å². The topological polar surface area (TPSA) is 92.3 Å². The Morgan fingerprint density at radius 2 is 0.782 bits per heavy atom. The average molecular weight is 815 g/mol. The van der Waals surface area contributed by atoms with Gasteiger partial charge in [-0.05, 0) is 57.2 Å². The summed E-state index contributed by atoms with van der Waals surface area (Å²) in [5.74, 6) is -3.98. The second-order valence-corrected chi connectivity index (χ2v) is 14.6. The second-order valence-electron chi connectivity index (χ2n) is 11.2. The molecule has 0 aliphatic rings. The molecule has 8 aromatic carbocycles. The van der Waals surface area contributed by atoms with Crippen LogP contribution in [0.15, 0.2) is 180 Å². The molecule has 13 heteroatoms. The minimum Gasteiger partial charge on any atom is -0.330 e. The van der Waals surface area contributed by atoms with Crippen molar-refractivity contribution in [3.63, 3.8) is 0 Å². The normalized spacial score (nSPS) is 10.7. The second kappa shape index (κ2) is 19.7. The number of benzene rings is 6. The fourth-order valence-electron chi connectivity index (χ4n) is 4.76. The molecule has 0 saturated heterocycles. The number of anilines is 2. The van der Waals surface area contributed by atoms with Gasteiger partial charge in [0.2, 0.25) is 0 Å². The van der Waals surface area contributed by atoms with Crippen molar-refractivity contribution < 1.29 is 56.1 Å². The molecule has 0 radical (unpaired) electrons. The van der Waals surface area contributed by atoms with Crippen LogP contribution in [-0.4, -0.2) is 16.8 Å². The molecule has 6 nitrogen and oxygen atoms in total. The van der Waals surface area contributed by atoms with Crippen LogP contribution in [-0.2, 0) is 41.8 Å². The Morgan fingerprint density at radius 3 is 1.09 bits per heavy atom. The van der Waals surface area contributed by atoms with E-state index in [1.165, 1.54) is 24.3 Å². The van der Waals surface area contributed by atoms with E-state index in [9.17, 15) is 34.4 Å². The van der Waals surface area contributed by atoms with E-state index in [2.05, 4.69) is 9.44 Å². The first-order chi connectivity index (χ1) is 25.9. The average Bonchev–Trinajstić information content (AvgIpc) is 3.95. The molecule has 0 unspecified atom stereocenters. The molecule has 0 aliphatic carbocycles. The Kier molecular flexibility index (Phi) is 15.1. The van der Waals surface area contributed by atoms with E-state index in [0.29, 0.717) is 0 Å². The molecule has 0 bridgehead atoms. The monoisotopic (exact) mass is 814 g/mol. The molecular formula is C42H30F4N2O4S2Ti. The van der Waals surface area contributed by atoms with E-state index in [1.54, 1.807) is 48.5 Å². The molecule has 8 aromatic rings. The molecular weight excluding hydrogens is 784 g/mol. The summed E-state index contributed by atoms with van der Waals surface area (Å²) in [7, 11) is -7.95. The van der Waals surface area contributed by atoms with Crippen molar-refractivity contribution in [2.75, 3.05) is 9.44 Å². The summed E-state index contributed by atoms with van der Waals surface area (Å²) in [5, 5.41) is 3.28. The third-order valence-electron chi connectivity index (χ3n) is 7.39. The maximum atomic E-state index is 13.5. The van der Waals surface area contributed by atoms with Gasteiger partial charge in [0.15, 0.2) is 0 Å². The molecule has 8 rings (SSSR count). The number of sulfonamides is 2. The minimum absolute atomic E-state index is 0. The van der Waals surface area contributed by atoms with Crippen molar-refractivity contribution in [3.05, 3.63) is 205 Å². The maximum absolute atomic E-state index is 13.5. The minimum atomic E-state index is -3.97. The summed E-state index contributed by atoms with van der Waals surface area (Å²) in [4.78, 5) is -0.00940. The fourth-order valence-corrected chi connectivity index (χ4v) is 6.95. The zero-order valence-corrected chi connectivity index (χ0v) is 31.8. The van der Waals surface area contributed by atoms with Gasteiger partial charge >= 0.3 is 21.7 Å². The summed E-state index contributed by atoms with van der Waals surface area (Å²) in [6.45, 7) is 0. The Balaban J connectivity index is 0.000000192. The van der Waals surface area contributed by atoms with Crippen molar-refractivity contribution in [2.45, 2.75) is 9.79 Å². The van der Waals surface area contributed by atoms with Gasteiger partial charge < -0.3 is 9.44 Å². The molecule has 0 saturated carbocycles. The number of halogens is 4. The van der Waals surface area contributed by atoms with Gasteiger partial charge in [-0.3, -0.25) is 0 Å². The molecule has 0 fully saturated rings. The molecule has 55 heavy (non-hydrogen) atoms. The molecule has 2 N–H and O–H groups in total. The van der Waals surface area contributed by atoms with Gasteiger partial charge in [-0.1, -0.05) is 60.7 Å². The van der Waals surface area contributed by atoms with Gasteiger partial charge in [-0.15, -0.1) is 36.4 Å². The van der Waals surface area contributed by atoms with Crippen LogP contribution >= 0.6 is 0 Å². The van der Waals surface area contributed by atoms with Crippen LogP contribution in [0.3, 0.4) is 0 Å². The van der Waals surface area contributed by atoms with Gasteiger partial charge in [0.1, 0.15) is 0 Å². The van der Waals surface area contributed by atoms with E-state index in [-0.39, 0.29) is 42.9 Å². The van der Waals surface area contributed by atoms with Crippen LogP contribution in [0.25, 0.3) is 21.5 Å². The van der Waals surface area contributed by atoms with Crippen LogP contribution in [0, 0.1) is 35.4 Å². The molecule has 0 spiro atoms. The van der Waals surface area contributed by atoms with E-state index in [1.807, 2.05) is 84.9 Å². The first-order valence-electron chi connectivity index (χ1n) is 16.0. The zero-order valence-electron chi connectivity index (χ0n) is 28.6. The number of hydrogen-bond acceptors (Lipinski definition) is 4. The van der Waals surface area contributed by atoms with Crippen LogP contribution in [0.5, 0.6) is 0 Å². The van der Waals surface area contributed by atoms with Gasteiger partial charge in [0.25, 0.3) is 20.0 Å². The van der Waals surface area contributed by atoms with Crippen molar-refractivity contribution in [3.8, 4) is 0 Å². The van der Waals surface area contributed by atoms with Crippen molar-refractivity contribution >= 4 is 53.0 Å². The summed E-state index contributed by atoms with van der Waals surface area (Å²) in [6, 6.07) is 51.2. The van der Waals surface area contributed by atoms with Crippen molar-refractivity contribution in [2.24, 2.45) is 0 Å². The molecule has 0 aliphatic heterocycles. The Labute approximate surface area is 331 Å². The number of hydrogen-bond donors (Lipinski definition) is 2. The smallest absolute Gasteiger partial charge is 0.330 e. The summed E-state index contributed by atoms with van der Waals surface area (Å²) in [6.07, 6.45) is 0. The molecule has 0 amide bonds. The zero-order chi connectivity index (χ0) is 38.6. The predicted octanol–water partition coefficient (Wildman–Crippen LogP) is 10.2. The fraction of sp³-hybridized carbons (Fsp3) is 0. The maximum Gasteiger partial charge on any atom is 4.00 e. The SMILES string of the molecule is O=S(=O)(Nc1ccc(F)[c-]c1F)c1ccc2ccccc2c1.O=S(=O)(Nc1ccc(F)[c-]c1F)c1ccc2ccccc2c1.[Ti+4].c1cc[cH-]c1.c1cc[cH-]c1. The van der Waals surface area contributed by atoms with Crippen molar-refractivity contribution in [1.29, 1.82) is 0 Å². The largest absolute Gasteiger partial charge is 4.00 e. The Bertz CT molecular complexity index is 2440. The quantitative estimate of drug-likeness (QED) is 0.0994. The third kappa shape index (κ3) is 12.2. The van der Waals surface area contributed by atoms with E-state index in [0.717, 1.165) is 45.8 Å². The molecule has 0 heterocycles. The molecule has 276 valence electrons. The van der Waals surface area contributed by atoms with Crippen LogP contribution in [0.1, 0.15) is 0 Å². The van der Waals surface area contributed by atoms with E-state index < -0.39 is 43.3 Å². The van der Waals surface area contributed by atoms with E-state index >= 15 is 0 Å². The standard InChI is InChI=1S/2C16H10F2NO2S.2C5H5.Ti/c2*17-13-6-8-16(15(18)10-13)19-22(20,21)14-7-5-11-3-1-2-4-12(11)9-14;2*1-2-4-5-3-1;/h2*1-9,19H;2*1-5H;/q4*-1;+4. The number of nitrogens with one attached hydrogen (secondary N) is 2. The Hall–Kier alpha value is -5.53. The van der Waals surface area contributed by atoms with E-state index in [4.69, 9.17) is 0 Å². The van der Waals surface area contributed by atoms with Gasteiger partial charge in [-0.2, -0.15) is 36.4 Å². The van der Waals surface area contributed by atoms with Crippen LogP contribution in [0.4, 0.5) is 28.9 Å². The van der Waals surface area contributed by atoms with Gasteiger partial charge in [0, 0.05) is 23.3 Å². The van der Waals surface area contributed by atoms with Crippen molar-refractivity contribution in [1.82, 2.24) is 0 Å². The summed E-state index contributed by atoms with van der Waals surface area (Å²) >= 11 is 0. The molecule has 0 aromatic heterocycles. The Morgan fingerprint density at radius 1 is 0.436 bits per heavy atom. The molecule has 0 atom stereocenters. The first-order valence-corrected chi connectivity index (χ1v) is 19.0. The predicted molar refractivity (Wildman–Crippen MR) is 204 cm³/mol. The summed E-state index contributed by atoms with van der Waals surface area (Å²) < 4.78 is 106. The number of rotatable bonds is 6. The van der Waals surface area contributed by atoms with Crippen LogP contribution < -0.4 is 9.44 Å². The van der Waals surface area contributed by atoms with Gasteiger partial charge in [0.05, 0.1) is 9.79 Å². The summed E-state index contributed by atoms with van der Waals surface area (Å²) in [5.41, 5.74) is -0.705. The van der Waals surface area contributed by atoms with Crippen LogP contribution in [0.2, 0.25) is 0 Å². The third-order valence-corrected chi connectivity index (χ3v) is 10.1. The number of fused-ring (bicyclic) bond motifs is 2.